The highest BCUT2D eigenvalue weighted by Crippen LogP contribution is 2.19. The number of allylic oxidation sites excluding steroid dienone is 1. The molecule has 17 heavy (non-hydrogen) atoms. The van der Waals surface area contributed by atoms with E-state index < -0.39 is 0 Å². The second-order valence-corrected chi connectivity index (χ2v) is 4.22. The zero-order valence-corrected chi connectivity index (χ0v) is 9.80. The summed E-state index contributed by atoms with van der Waals surface area (Å²) in [6.45, 7) is 0.888. The molecule has 0 spiro atoms. The Bertz CT molecular complexity index is 385. The molecule has 2 rings (SSSR count). The van der Waals surface area contributed by atoms with Gasteiger partial charge in [-0.05, 0) is 42.5 Å². The Morgan fingerprint density at radius 3 is 3.12 bits per heavy atom. The van der Waals surface area contributed by atoms with Crippen molar-refractivity contribution in [1.82, 2.24) is 25.5 Å². The van der Waals surface area contributed by atoms with Crippen LogP contribution in [0.1, 0.15) is 32.1 Å². The Morgan fingerprint density at radius 1 is 1.47 bits per heavy atom. The highest BCUT2D eigenvalue weighted by Gasteiger charge is 2.06. The third-order valence-electron chi connectivity index (χ3n) is 2.85. The van der Waals surface area contributed by atoms with E-state index in [1.165, 1.54) is 42.3 Å². The minimum atomic E-state index is -0.0475. The first-order valence-electron chi connectivity index (χ1n) is 6.00. The standard InChI is InChI=1S/C11H17N5O/c17-11(8-16-9-13-14-15-16)12-7-6-10-4-2-1-3-5-10/h4,9H,1-3,5-8H2,(H,12,17). The minimum absolute atomic E-state index is 0.0475. The maximum atomic E-state index is 11.5. The zero-order chi connectivity index (χ0) is 11.9. The van der Waals surface area contributed by atoms with Gasteiger partial charge in [0.25, 0.3) is 0 Å². The van der Waals surface area contributed by atoms with Crippen molar-refractivity contribution in [3.05, 3.63) is 18.0 Å². The van der Waals surface area contributed by atoms with Crippen LogP contribution in [0.4, 0.5) is 0 Å². The van der Waals surface area contributed by atoms with E-state index in [2.05, 4.69) is 26.9 Å². The molecule has 92 valence electrons. The Labute approximate surface area is 100 Å². The maximum absolute atomic E-state index is 11.5. The molecule has 0 saturated carbocycles. The lowest BCUT2D eigenvalue weighted by atomic mass is 9.97. The van der Waals surface area contributed by atoms with Gasteiger partial charge in [0.15, 0.2) is 0 Å². The summed E-state index contributed by atoms with van der Waals surface area (Å²) in [5.74, 6) is -0.0475. The molecule has 1 amide bonds. The lowest BCUT2D eigenvalue weighted by Gasteiger charge is -2.12. The largest absolute Gasteiger partial charge is 0.354 e. The van der Waals surface area contributed by atoms with Gasteiger partial charge < -0.3 is 5.32 Å². The lowest BCUT2D eigenvalue weighted by Crippen LogP contribution is -2.29. The highest BCUT2D eigenvalue weighted by atomic mass is 16.2. The fourth-order valence-corrected chi connectivity index (χ4v) is 1.95. The van der Waals surface area contributed by atoms with Crippen molar-refractivity contribution in [2.45, 2.75) is 38.6 Å². The molecule has 1 aromatic rings. The molecular formula is C11H17N5O. The van der Waals surface area contributed by atoms with Crippen LogP contribution in [0.3, 0.4) is 0 Å². The summed E-state index contributed by atoms with van der Waals surface area (Å²) >= 11 is 0. The van der Waals surface area contributed by atoms with Crippen LogP contribution in [0.2, 0.25) is 0 Å². The Balaban J connectivity index is 1.64. The number of amides is 1. The monoisotopic (exact) mass is 235 g/mol. The van der Waals surface area contributed by atoms with Gasteiger partial charge in [0, 0.05) is 6.54 Å². The van der Waals surface area contributed by atoms with Crippen molar-refractivity contribution in [2.75, 3.05) is 6.54 Å². The molecule has 1 aliphatic rings. The van der Waals surface area contributed by atoms with Gasteiger partial charge in [-0.2, -0.15) is 0 Å². The molecular weight excluding hydrogens is 218 g/mol. The van der Waals surface area contributed by atoms with E-state index in [-0.39, 0.29) is 12.5 Å². The summed E-state index contributed by atoms with van der Waals surface area (Å²) in [6.07, 6.45) is 9.65. The van der Waals surface area contributed by atoms with E-state index >= 15 is 0 Å². The third-order valence-corrected chi connectivity index (χ3v) is 2.85. The van der Waals surface area contributed by atoms with E-state index in [1.54, 1.807) is 0 Å². The molecule has 0 radical (unpaired) electrons. The van der Waals surface area contributed by atoms with Gasteiger partial charge in [-0.1, -0.05) is 11.6 Å². The molecule has 0 atom stereocenters. The molecule has 0 unspecified atom stereocenters. The number of carbonyl (C=O) groups excluding carboxylic acids is 1. The summed E-state index contributed by atoms with van der Waals surface area (Å²) in [6, 6.07) is 0. The minimum Gasteiger partial charge on any atom is -0.354 e. The van der Waals surface area contributed by atoms with Crippen LogP contribution in [0.15, 0.2) is 18.0 Å². The normalized spacial score (nSPS) is 15.4. The zero-order valence-electron chi connectivity index (χ0n) is 9.80. The van der Waals surface area contributed by atoms with Crippen LogP contribution in [0.5, 0.6) is 0 Å². The molecule has 0 saturated heterocycles. The third kappa shape index (κ3) is 3.97. The molecule has 0 bridgehead atoms. The fourth-order valence-electron chi connectivity index (χ4n) is 1.95. The Hall–Kier alpha value is -1.72. The summed E-state index contributed by atoms with van der Waals surface area (Å²) in [7, 11) is 0. The van der Waals surface area contributed by atoms with Gasteiger partial charge in [-0.25, -0.2) is 4.68 Å². The Kier molecular flexibility index (Phi) is 4.23. The van der Waals surface area contributed by atoms with Crippen LogP contribution < -0.4 is 5.32 Å². The number of tetrazole rings is 1. The van der Waals surface area contributed by atoms with E-state index in [4.69, 9.17) is 0 Å². The molecule has 1 aliphatic carbocycles. The summed E-state index contributed by atoms with van der Waals surface area (Å²) in [4.78, 5) is 11.5. The Morgan fingerprint density at radius 2 is 2.41 bits per heavy atom. The van der Waals surface area contributed by atoms with Crippen LogP contribution in [-0.2, 0) is 11.3 Å². The van der Waals surface area contributed by atoms with Crippen LogP contribution >= 0.6 is 0 Å². The number of hydrogen-bond donors (Lipinski definition) is 1. The topological polar surface area (TPSA) is 72.7 Å². The van der Waals surface area contributed by atoms with Gasteiger partial charge in [0.1, 0.15) is 12.9 Å². The van der Waals surface area contributed by atoms with Crippen molar-refractivity contribution in [3.8, 4) is 0 Å². The average molecular weight is 235 g/mol. The number of carbonyl (C=O) groups is 1. The number of nitrogens with one attached hydrogen (secondary N) is 1. The van der Waals surface area contributed by atoms with Crippen molar-refractivity contribution >= 4 is 5.91 Å². The van der Waals surface area contributed by atoms with E-state index in [1.807, 2.05) is 0 Å². The molecule has 0 fully saturated rings. The van der Waals surface area contributed by atoms with Gasteiger partial charge in [-0.3, -0.25) is 4.79 Å². The van der Waals surface area contributed by atoms with Crippen LogP contribution in [-0.4, -0.2) is 32.7 Å². The molecule has 1 heterocycles. The second kappa shape index (κ2) is 6.12. The van der Waals surface area contributed by atoms with Gasteiger partial charge >= 0.3 is 0 Å². The smallest absolute Gasteiger partial charge is 0.241 e. The quantitative estimate of drug-likeness (QED) is 0.762. The molecule has 0 aromatic carbocycles. The van der Waals surface area contributed by atoms with Crippen molar-refractivity contribution in [2.24, 2.45) is 0 Å². The summed E-state index contributed by atoms with van der Waals surface area (Å²) in [5, 5.41) is 13.5. The SMILES string of the molecule is O=C(Cn1cnnn1)NCCC1=CCCCC1. The molecule has 1 N–H and O–H groups in total. The van der Waals surface area contributed by atoms with Crippen molar-refractivity contribution < 1.29 is 4.79 Å². The molecule has 0 aliphatic heterocycles. The van der Waals surface area contributed by atoms with E-state index in [0.29, 0.717) is 6.54 Å². The van der Waals surface area contributed by atoms with Gasteiger partial charge in [-0.15, -0.1) is 5.10 Å². The number of rotatable bonds is 5. The first-order valence-corrected chi connectivity index (χ1v) is 6.00. The maximum Gasteiger partial charge on any atom is 0.241 e. The average Bonchev–Trinajstić information content (AvgIpc) is 2.83. The summed E-state index contributed by atoms with van der Waals surface area (Å²) < 4.78 is 1.41. The van der Waals surface area contributed by atoms with Gasteiger partial charge in [0.05, 0.1) is 0 Å². The molecule has 6 nitrogen and oxygen atoms in total. The summed E-state index contributed by atoms with van der Waals surface area (Å²) in [5.41, 5.74) is 1.47. The van der Waals surface area contributed by atoms with Crippen molar-refractivity contribution in [1.29, 1.82) is 0 Å². The fraction of sp³-hybridized carbons (Fsp3) is 0.636. The van der Waals surface area contributed by atoms with E-state index in [0.717, 1.165) is 6.42 Å². The van der Waals surface area contributed by atoms with Crippen LogP contribution in [0.25, 0.3) is 0 Å². The molecule has 1 aromatic heterocycles. The first-order chi connectivity index (χ1) is 8.34. The predicted octanol–water partition coefficient (Wildman–Crippen LogP) is 0.680. The highest BCUT2D eigenvalue weighted by molar-refractivity contribution is 5.75. The number of hydrogen-bond acceptors (Lipinski definition) is 4. The first kappa shape index (κ1) is 11.8. The van der Waals surface area contributed by atoms with Crippen molar-refractivity contribution in [3.63, 3.8) is 0 Å². The number of aromatic nitrogens is 4. The lowest BCUT2D eigenvalue weighted by molar-refractivity contribution is -0.121. The number of nitrogens with zero attached hydrogens (tertiary/aromatic N) is 4. The van der Waals surface area contributed by atoms with Crippen LogP contribution in [0, 0.1) is 0 Å². The molecule has 6 heteroatoms. The van der Waals surface area contributed by atoms with Gasteiger partial charge in [0.2, 0.25) is 5.91 Å². The predicted molar refractivity (Wildman–Crippen MR) is 62.0 cm³/mol. The second-order valence-electron chi connectivity index (χ2n) is 4.22. The van der Waals surface area contributed by atoms with E-state index in [9.17, 15) is 4.79 Å².